The maximum absolute atomic E-state index is 13.2. The molecule has 1 aliphatic rings. The zero-order chi connectivity index (χ0) is 14.8. The minimum Gasteiger partial charge on any atom is -0.305 e. The molecule has 3 nitrogen and oxygen atoms in total. The second-order valence-electron chi connectivity index (χ2n) is 4.51. The predicted molar refractivity (Wildman–Crippen MR) is 75.5 cm³/mol. The van der Waals surface area contributed by atoms with Crippen molar-refractivity contribution < 1.29 is 13.6 Å². The first-order valence-electron chi connectivity index (χ1n) is 6.25. The summed E-state index contributed by atoms with van der Waals surface area (Å²) in [5.74, 6) is -1.70. The van der Waals surface area contributed by atoms with E-state index in [2.05, 4.69) is 10.3 Å². The van der Waals surface area contributed by atoms with Gasteiger partial charge in [0.1, 0.15) is 23.2 Å². The van der Waals surface area contributed by atoms with Crippen LogP contribution < -0.4 is 5.32 Å². The summed E-state index contributed by atoms with van der Waals surface area (Å²) in [5, 5.41) is 2.50. The van der Waals surface area contributed by atoms with Gasteiger partial charge < -0.3 is 5.32 Å². The van der Waals surface area contributed by atoms with Crippen molar-refractivity contribution in [2.45, 2.75) is 0 Å². The van der Waals surface area contributed by atoms with Gasteiger partial charge in [-0.25, -0.2) is 13.8 Å². The Morgan fingerprint density at radius 3 is 2.33 bits per heavy atom. The fraction of sp³-hybridized carbons (Fsp3) is 0. The quantitative estimate of drug-likeness (QED) is 0.846. The van der Waals surface area contributed by atoms with Gasteiger partial charge in [-0.05, 0) is 23.8 Å². The molecule has 21 heavy (non-hydrogen) atoms. The molecule has 1 amide bonds. The number of hydrogen-bond donors (Lipinski definition) is 1. The first-order chi connectivity index (χ1) is 10.1. The third-order valence-electron chi connectivity index (χ3n) is 2.94. The Morgan fingerprint density at radius 2 is 1.67 bits per heavy atom. The number of halogens is 2. The van der Waals surface area contributed by atoms with Gasteiger partial charge in [-0.3, -0.25) is 4.79 Å². The van der Waals surface area contributed by atoms with Gasteiger partial charge in [-0.15, -0.1) is 0 Å². The van der Waals surface area contributed by atoms with Crippen LogP contribution in [-0.4, -0.2) is 11.7 Å². The van der Waals surface area contributed by atoms with Crippen molar-refractivity contribution in [1.29, 1.82) is 0 Å². The Kier molecular flexibility index (Phi) is 3.31. The van der Waals surface area contributed by atoms with Crippen LogP contribution in [0.25, 0.3) is 6.08 Å². The average Bonchev–Trinajstić information content (AvgIpc) is 2.80. The van der Waals surface area contributed by atoms with Crippen LogP contribution in [0.2, 0.25) is 0 Å². The molecule has 104 valence electrons. The van der Waals surface area contributed by atoms with Crippen LogP contribution >= 0.6 is 0 Å². The van der Waals surface area contributed by atoms with E-state index in [1.54, 1.807) is 6.08 Å². The summed E-state index contributed by atoms with van der Waals surface area (Å²) in [6, 6.07) is 12.2. The Bertz CT molecular complexity index is 747. The van der Waals surface area contributed by atoms with Crippen LogP contribution in [0.15, 0.2) is 59.2 Å². The molecule has 0 unspecified atom stereocenters. The number of amides is 1. The smallest absolute Gasteiger partial charge is 0.275 e. The molecule has 0 spiro atoms. The van der Waals surface area contributed by atoms with Crippen molar-refractivity contribution in [1.82, 2.24) is 5.32 Å². The largest absolute Gasteiger partial charge is 0.305 e. The number of hydrogen-bond acceptors (Lipinski definition) is 2. The Labute approximate surface area is 119 Å². The fourth-order valence-electron chi connectivity index (χ4n) is 2.00. The minimum absolute atomic E-state index is 0.139. The monoisotopic (exact) mass is 284 g/mol. The third kappa shape index (κ3) is 2.86. The molecule has 1 aliphatic heterocycles. The lowest BCUT2D eigenvalue weighted by Crippen LogP contribution is -2.24. The first kappa shape index (κ1) is 13.2. The van der Waals surface area contributed by atoms with Crippen LogP contribution in [0.3, 0.4) is 0 Å². The highest BCUT2D eigenvalue weighted by molar-refractivity contribution is 6.19. The van der Waals surface area contributed by atoms with Crippen LogP contribution in [0.1, 0.15) is 11.1 Å². The summed E-state index contributed by atoms with van der Waals surface area (Å²) >= 11 is 0. The van der Waals surface area contributed by atoms with E-state index in [0.29, 0.717) is 0 Å². The second kappa shape index (κ2) is 5.28. The van der Waals surface area contributed by atoms with Crippen molar-refractivity contribution in [2.24, 2.45) is 4.99 Å². The maximum Gasteiger partial charge on any atom is 0.275 e. The molecule has 3 rings (SSSR count). The molecule has 0 fully saturated rings. The van der Waals surface area contributed by atoms with Crippen molar-refractivity contribution in [2.75, 3.05) is 0 Å². The van der Waals surface area contributed by atoms with E-state index in [9.17, 15) is 13.6 Å². The average molecular weight is 284 g/mol. The van der Waals surface area contributed by atoms with Gasteiger partial charge in [0.05, 0.1) is 0 Å². The molecular formula is C16H10F2N2O. The van der Waals surface area contributed by atoms with Crippen LogP contribution in [-0.2, 0) is 4.79 Å². The number of benzene rings is 2. The van der Waals surface area contributed by atoms with Gasteiger partial charge in [0.15, 0.2) is 0 Å². The highest BCUT2D eigenvalue weighted by Gasteiger charge is 2.21. The van der Waals surface area contributed by atoms with Gasteiger partial charge >= 0.3 is 0 Å². The minimum atomic E-state index is -0.720. The van der Waals surface area contributed by atoms with Gasteiger partial charge in [-0.2, -0.15) is 0 Å². The molecule has 0 saturated heterocycles. The van der Waals surface area contributed by atoms with E-state index in [4.69, 9.17) is 0 Å². The molecule has 2 aromatic rings. The van der Waals surface area contributed by atoms with Crippen molar-refractivity contribution in [3.8, 4) is 0 Å². The molecular weight excluding hydrogens is 274 g/mol. The van der Waals surface area contributed by atoms with E-state index >= 15 is 0 Å². The number of carbonyl (C=O) groups is 1. The van der Waals surface area contributed by atoms with Gasteiger partial charge in [0, 0.05) is 11.6 Å². The lowest BCUT2D eigenvalue weighted by atomic mass is 10.2. The van der Waals surface area contributed by atoms with Crippen molar-refractivity contribution in [3.05, 3.63) is 77.0 Å². The molecule has 2 aromatic carbocycles. The Morgan fingerprint density at radius 1 is 1.00 bits per heavy atom. The van der Waals surface area contributed by atoms with E-state index in [-0.39, 0.29) is 17.1 Å². The van der Waals surface area contributed by atoms with E-state index in [0.717, 1.165) is 23.8 Å². The van der Waals surface area contributed by atoms with Crippen molar-refractivity contribution in [3.63, 3.8) is 0 Å². The van der Waals surface area contributed by atoms with Gasteiger partial charge in [-0.1, -0.05) is 30.3 Å². The molecule has 0 aromatic heterocycles. The summed E-state index contributed by atoms with van der Waals surface area (Å²) in [7, 11) is 0. The lowest BCUT2D eigenvalue weighted by molar-refractivity contribution is -0.115. The fourth-order valence-corrected chi connectivity index (χ4v) is 2.00. The Balaban J connectivity index is 1.97. The second-order valence-corrected chi connectivity index (χ2v) is 4.51. The third-order valence-corrected chi connectivity index (χ3v) is 2.94. The SMILES string of the molecule is O=C1NC(c2cc(F)cc(F)c2)=NC1=Cc1ccccc1. The van der Waals surface area contributed by atoms with E-state index in [1.165, 1.54) is 0 Å². The molecule has 1 heterocycles. The van der Waals surface area contributed by atoms with Crippen LogP contribution in [0.5, 0.6) is 0 Å². The summed E-state index contributed by atoms with van der Waals surface area (Å²) in [6.07, 6.45) is 1.61. The summed E-state index contributed by atoms with van der Waals surface area (Å²) < 4.78 is 26.4. The summed E-state index contributed by atoms with van der Waals surface area (Å²) in [4.78, 5) is 16.0. The molecule has 0 saturated carbocycles. The van der Waals surface area contributed by atoms with Gasteiger partial charge in [0.2, 0.25) is 0 Å². The molecule has 1 N–H and O–H groups in total. The zero-order valence-electron chi connectivity index (χ0n) is 10.8. The highest BCUT2D eigenvalue weighted by atomic mass is 19.1. The standard InChI is InChI=1S/C16H10F2N2O/c17-12-7-11(8-13(18)9-12)15-19-14(16(21)20-15)6-10-4-2-1-3-5-10/h1-9H,(H,19,20,21). The van der Waals surface area contributed by atoms with Gasteiger partial charge in [0.25, 0.3) is 5.91 Å². The number of nitrogens with zero attached hydrogens (tertiary/aromatic N) is 1. The number of rotatable bonds is 2. The normalized spacial score (nSPS) is 16.0. The first-order valence-corrected chi connectivity index (χ1v) is 6.25. The molecule has 0 aliphatic carbocycles. The topological polar surface area (TPSA) is 41.5 Å². The number of carbonyl (C=O) groups excluding carboxylic acids is 1. The van der Waals surface area contributed by atoms with Crippen molar-refractivity contribution >= 4 is 17.8 Å². The molecule has 0 bridgehead atoms. The highest BCUT2D eigenvalue weighted by Crippen LogP contribution is 2.16. The molecule has 5 heteroatoms. The lowest BCUT2D eigenvalue weighted by Gasteiger charge is -2.00. The number of amidine groups is 1. The summed E-state index contributed by atoms with van der Waals surface area (Å²) in [5.41, 5.74) is 1.20. The number of nitrogens with one attached hydrogen (secondary N) is 1. The molecule has 0 atom stereocenters. The Hall–Kier alpha value is -2.82. The molecule has 0 radical (unpaired) electrons. The van der Waals surface area contributed by atoms with Crippen LogP contribution in [0.4, 0.5) is 8.78 Å². The summed E-state index contributed by atoms with van der Waals surface area (Å²) in [6.45, 7) is 0. The maximum atomic E-state index is 13.2. The predicted octanol–water partition coefficient (Wildman–Crippen LogP) is 2.88. The van der Waals surface area contributed by atoms with Crippen LogP contribution in [0, 0.1) is 11.6 Å². The number of aliphatic imine (C=N–C) groups is 1. The van der Waals surface area contributed by atoms with E-state index in [1.807, 2.05) is 30.3 Å². The van der Waals surface area contributed by atoms with E-state index < -0.39 is 17.5 Å². The zero-order valence-corrected chi connectivity index (χ0v) is 10.8.